The van der Waals surface area contributed by atoms with Crippen molar-refractivity contribution in [3.63, 3.8) is 0 Å². The summed E-state index contributed by atoms with van der Waals surface area (Å²) >= 11 is 0. The van der Waals surface area contributed by atoms with E-state index in [0.29, 0.717) is 5.95 Å². The highest BCUT2D eigenvalue weighted by atomic mass is 16.3. The summed E-state index contributed by atoms with van der Waals surface area (Å²) in [6, 6.07) is 0. The molecule has 1 fully saturated rings. The average Bonchev–Trinajstić information content (AvgIpc) is 2.93. The van der Waals surface area contributed by atoms with Crippen molar-refractivity contribution in [3.05, 3.63) is 20.8 Å². The van der Waals surface area contributed by atoms with Crippen molar-refractivity contribution in [2.45, 2.75) is 31.9 Å². The largest absolute Gasteiger partial charge is 0.394 e. The molecule has 0 aliphatic carbocycles. The predicted octanol–water partition coefficient (Wildman–Crippen LogP) is -1.23. The van der Waals surface area contributed by atoms with Gasteiger partial charge in [-0.15, -0.1) is 0 Å². The second-order valence-corrected chi connectivity index (χ2v) is 5.90. The van der Waals surface area contributed by atoms with Crippen molar-refractivity contribution in [2.75, 3.05) is 24.6 Å². The third-order valence-corrected chi connectivity index (χ3v) is 4.23. The number of aromatic amines is 1. The molecule has 0 saturated carbocycles. The Morgan fingerprint density at radius 3 is 2.61 bits per heavy atom. The SMILES string of the molecule is Cn1c(=O)[nH]c(=O)c2c1nc(N1CCCCC1)n2CC(O)CO. The minimum absolute atomic E-state index is 0.0418. The normalized spacial score (nSPS) is 16.9. The number of aliphatic hydroxyl groups excluding tert-OH is 2. The molecule has 1 aliphatic rings. The van der Waals surface area contributed by atoms with Gasteiger partial charge in [0.1, 0.15) is 0 Å². The molecule has 0 aromatic carbocycles. The van der Waals surface area contributed by atoms with E-state index in [0.717, 1.165) is 32.4 Å². The minimum atomic E-state index is -1.01. The van der Waals surface area contributed by atoms with Crippen LogP contribution >= 0.6 is 0 Å². The van der Waals surface area contributed by atoms with E-state index in [4.69, 9.17) is 5.11 Å². The van der Waals surface area contributed by atoms with Crippen LogP contribution in [0.15, 0.2) is 9.59 Å². The minimum Gasteiger partial charge on any atom is -0.394 e. The maximum atomic E-state index is 12.2. The highest BCUT2D eigenvalue weighted by Crippen LogP contribution is 2.23. The van der Waals surface area contributed by atoms with Crippen LogP contribution in [0.1, 0.15) is 19.3 Å². The number of piperidine rings is 1. The van der Waals surface area contributed by atoms with E-state index in [1.807, 2.05) is 0 Å². The monoisotopic (exact) mass is 323 g/mol. The number of H-pyrrole nitrogens is 1. The van der Waals surface area contributed by atoms with Crippen LogP contribution in [0.2, 0.25) is 0 Å². The molecule has 126 valence electrons. The first-order valence-electron chi connectivity index (χ1n) is 7.76. The van der Waals surface area contributed by atoms with Crippen LogP contribution in [0, 0.1) is 0 Å². The Morgan fingerprint density at radius 1 is 1.26 bits per heavy atom. The summed E-state index contributed by atoms with van der Waals surface area (Å²) in [5, 5.41) is 19.0. The first-order chi connectivity index (χ1) is 11.0. The summed E-state index contributed by atoms with van der Waals surface area (Å²) in [5.41, 5.74) is -0.548. The number of nitrogens with zero attached hydrogens (tertiary/aromatic N) is 4. The molecule has 0 radical (unpaired) electrons. The molecule has 9 heteroatoms. The van der Waals surface area contributed by atoms with Gasteiger partial charge in [-0.1, -0.05) is 0 Å². The number of aliphatic hydroxyl groups is 2. The highest BCUT2D eigenvalue weighted by Gasteiger charge is 2.23. The van der Waals surface area contributed by atoms with Crippen LogP contribution in [0.3, 0.4) is 0 Å². The van der Waals surface area contributed by atoms with E-state index >= 15 is 0 Å². The second-order valence-electron chi connectivity index (χ2n) is 5.90. The number of rotatable bonds is 4. The molecule has 3 rings (SSSR count). The maximum absolute atomic E-state index is 12.2. The summed E-state index contributed by atoms with van der Waals surface area (Å²) < 4.78 is 2.88. The van der Waals surface area contributed by atoms with Gasteiger partial charge in [-0.05, 0) is 19.3 Å². The van der Waals surface area contributed by atoms with Crippen molar-refractivity contribution in [2.24, 2.45) is 7.05 Å². The smallest absolute Gasteiger partial charge is 0.329 e. The molecule has 3 heterocycles. The van der Waals surface area contributed by atoms with Crippen LogP contribution in [0.4, 0.5) is 5.95 Å². The van der Waals surface area contributed by atoms with Gasteiger partial charge in [-0.3, -0.25) is 14.3 Å². The average molecular weight is 323 g/mol. The topological polar surface area (TPSA) is 116 Å². The van der Waals surface area contributed by atoms with Crippen LogP contribution in [0.5, 0.6) is 0 Å². The third-order valence-electron chi connectivity index (χ3n) is 4.23. The Labute approximate surface area is 131 Å². The Balaban J connectivity index is 2.22. The molecule has 1 atom stereocenters. The lowest BCUT2D eigenvalue weighted by Gasteiger charge is -2.28. The van der Waals surface area contributed by atoms with E-state index in [9.17, 15) is 14.7 Å². The number of hydrogen-bond acceptors (Lipinski definition) is 6. The fourth-order valence-electron chi connectivity index (χ4n) is 3.00. The lowest BCUT2D eigenvalue weighted by Crippen LogP contribution is -2.34. The van der Waals surface area contributed by atoms with Gasteiger partial charge in [0.05, 0.1) is 19.3 Å². The zero-order valence-corrected chi connectivity index (χ0v) is 13.0. The van der Waals surface area contributed by atoms with Crippen molar-refractivity contribution in [1.29, 1.82) is 0 Å². The van der Waals surface area contributed by atoms with Crippen molar-refractivity contribution in [1.82, 2.24) is 19.1 Å². The van der Waals surface area contributed by atoms with Crippen molar-refractivity contribution < 1.29 is 10.2 Å². The van der Waals surface area contributed by atoms with Gasteiger partial charge in [0.2, 0.25) is 5.95 Å². The summed E-state index contributed by atoms with van der Waals surface area (Å²) in [5.74, 6) is 0.555. The molecule has 0 spiro atoms. The lowest BCUT2D eigenvalue weighted by molar-refractivity contribution is 0.0822. The Hall–Kier alpha value is -2.13. The Morgan fingerprint density at radius 2 is 1.96 bits per heavy atom. The number of anilines is 1. The molecule has 9 nitrogen and oxygen atoms in total. The number of aromatic nitrogens is 4. The molecule has 2 aromatic heterocycles. The van der Waals surface area contributed by atoms with E-state index in [-0.39, 0.29) is 17.7 Å². The quantitative estimate of drug-likeness (QED) is 0.648. The number of imidazole rings is 1. The molecule has 1 saturated heterocycles. The molecule has 0 amide bonds. The number of hydrogen-bond donors (Lipinski definition) is 3. The van der Waals surface area contributed by atoms with Crippen LogP contribution < -0.4 is 16.1 Å². The van der Waals surface area contributed by atoms with E-state index in [1.54, 1.807) is 11.6 Å². The van der Waals surface area contributed by atoms with Crippen LogP contribution in [0.25, 0.3) is 11.2 Å². The summed E-state index contributed by atoms with van der Waals surface area (Å²) in [6.07, 6.45) is 2.20. The zero-order chi connectivity index (χ0) is 16.6. The predicted molar refractivity (Wildman–Crippen MR) is 84.8 cm³/mol. The van der Waals surface area contributed by atoms with Crippen LogP contribution in [-0.4, -0.2) is 55.1 Å². The van der Waals surface area contributed by atoms with Gasteiger partial charge in [0.15, 0.2) is 11.2 Å². The zero-order valence-electron chi connectivity index (χ0n) is 13.0. The van der Waals surface area contributed by atoms with Gasteiger partial charge in [-0.2, -0.15) is 4.98 Å². The van der Waals surface area contributed by atoms with Gasteiger partial charge in [0.25, 0.3) is 5.56 Å². The first-order valence-corrected chi connectivity index (χ1v) is 7.76. The van der Waals surface area contributed by atoms with Gasteiger partial charge < -0.3 is 19.7 Å². The molecule has 3 N–H and O–H groups in total. The molecule has 1 unspecified atom stereocenters. The van der Waals surface area contributed by atoms with Gasteiger partial charge in [-0.25, -0.2) is 4.79 Å². The second kappa shape index (κ2) is 6.17. The summed E-state index contributed by atoms with van der Waals surface area (Å²) in [7, 11) is 1.54. The van der Waals surface area contributed by atoms with Crippen molar-refractivity contribution >= 4 is 17.1 Å². The van der Waals surface area contributed by atoms with Crippen LogP contribution in [-0.2, 0) is 13.6 Å². The van der Waals surface area contributed by atoms with Gasteiger partial charge >= 0.3 is 5.69 Å². The third kappa shape index (κ3) is 2.77. The van der Waals surface area contributed by atoms with E-state index in [2.05, 4.69) is 14.9 Å². The molecule has 1 aliphatic heterocycles. The number of fused-ring (bicyclic) bond motifs is 1. The number of aryl methyl sites for hydroxylation is 1. The Bertz CT molecular complexity index is 815. The first kappa shape index (κ1) is 15.8. The molecular weight excluding hydrogens is 302 g/mol. The van der Waals surface area contributed by atoms with E-state index in [1.165, 1.54) is 4.57 Å². The molecule has 2 aromatic rings. The lowest BCUT2D eigenvalue weighted by atomic mass is 10.1. The Kier molecular flexibility index (Phi) is 4.22. The van der Waals surface area contributed by atoms with Gasteiger partial charge in [0, 0.05) is 20.1 Å². The van der Waals surface area contributed by atoms with E-state index < -0.39 is 24.0 Å². The highest BCUT2D eigenvalue weighted by molar-refractivity contribution is 5.74. The van der Waals surface area contributed by atoms with Crippen molar-refractivity contribution in [3.8, 4) is 0 Å². The molecule has 23 heavy (non-hydrogen) atoms. The standard InChI is InChI=1S/C14H21N5O4/c1-17-11-10(12(22)16-14(17)23)19(7-9(21)8-20)13(15-11)18-5-3-2-4-6-18/h9,20-21H,2-8H2,1H3,(H,16,22,23). The molecule has 0 bridgehead atoms. The maximum Gasteiger partial charge on any atom is 0.329 e. The fourth-order valence-corrected chi connectivity index (χ4v) is 3.00. The fraction of sp³-hybridized carbons (Fsp3) is 0.643. The summed E-state index contributed by atoms with van der Waals surface area (Å²) in [6.45, 7) is 1.25. The number of nitrogens with one attached hydrogen (secondary N) is 1. The summed E-state index contributed by atoms with van der Waals surface area (Å²) in [4.78, 5) is 32.8. The molecular formula is C14H21N5O4.